The molecule has 0 aliphatic carbocycles. The molecule has 3 heterocycles. The lowest BCUT2D eigenvalue weighted by Crippen LogP contribution is -2.20. The predicted molar refractivity (Wildman–Crippen MR) is 115 cm³/mol. The molecular weight excluding hydrogens is 380 g/mol. The summed E-state index contributed by atoms with van der Waals surface area (Å²) in [5, 5.41) is 5.69. The molecule has 7 nitrogen and oxygen atoms in total. The fourth-order valence-electron chi connectivity index (χ4n) is 3.46. The van der Waals surface area contributed by atoms with E-state index in [4.69, 9.17) is 14.5 Å². The van der Waals surface area contributed by atoms with Crippen molar-refractivity contribution >= 4 is 23.1 Å². The molecule has 2 aromatic carbocycles. The highest BCUT2D eigenvalue weighted by Crippen LogP contribution is 2.32. The summed E-state index contributed by atoms with van der Waals surface area (Å²) in [7, 11) is 0. The number of anilines is 2. The van der Waals surface area contributed by atoms with Gasteiger partial charge in [0.15, 0.2) is 11.5 Å². The van der Waals surface area contributed by atoms with E-state index in [1.165, 1.54) is 0 Å². The first-order valence-electron chi connectivity index (χ1n) is 9.68. The van der Waals surface area contributed by atoms with Gasteiger partial charge in [-0.15, -0.1) is 0 Å². The van der Waals surface area contributed by atoms with Crippen molar-refractivity contribution in [2.75, 3.05) is 23.8 Å². The molecule has 0 saturated carbocycles. The number of aryl methyl sites for hydroxylation is 1. The Balaban J connectivity index is 1.33. The van der Waals surface area contributed by atoms with E-state index in [1.54, 1.807) is 18.2 Å². The predicted octanol–water partition coefficient (Wildman–Crippen LogP) is 4.72. The molecule has 0 radical (unpaired) electrons. The van der Waals surface area contributed by atoms with E-state index in [9.17, 15) is 4.79 Å². The van der Waals surface area contributed by atoms with Gasteiger partial charge < -0.3 is 24.5 Å². The minimum absolute atomic E-state index is 0.338. The number of aromatic nitrogens is 2. The van der Waals surface area contributed by atoms with Crippen molar-refractivity contribution in [2.24, 2.45) is 0 Å². The van der Waals surface area contributed by atoms with Gasteiger partial charge in [-0.2, -0.15) is 0 Å². The highest BCUT2D eigenvalue weighted by Gasteiger charge is 2.13. The number of nitrogens with zero attached hydrogens (tertiary/aromatic N) is 2. The van der Waals surface area contributed by atoms with Crippen LogP contribution < -0.4 is 20.1 Å². The number of urea groups is 1. The van der Waals surface area contributed by atoms with Gasteiger partial charge in [0, 0.05) is 35.4 Å². The molecule has 0 saturated heterocycles. The molecule has 0 spiro atoms. The number of hydrogen-bond donors (Lipinski definition) is 2. The summed E-state index contributed by atoms with van der Waals surface area (Å²) in [6, 6.07) is 16.6. The van der Waals surface area contributed by atoms with Crippen LogP contribution in [0.1, 0.15) is 5.56 Å². The van der Waals surface area contributed by atoms with Crippen LogP contribution in [-0.4, -0.2) is 28.6 Å². The maximum atomic E-state index is 12.5. The Hall–Kier alpha value is -4.00. The van der Waals surface area contributed by atoms with Crippen molar-refractivity contribution in [3.63, 3.8) is 0 Å². The number of imidazole rings is 1. The molecule has 30 heavy (non-hydrogen) atoms. The number of benzene rings is 2. The molecule has 5 rings (SSSR count). The Morgan fingerprint density at radius 1 is 0.967 bits per heavy atom. The first-order chi connectivity index (χ1) is 14.7. The van der Waals surface area contributed by atoms with E-state index < -0.39 is 0 Å². The first-order valence-corrected chi connectivity index (χ1v) is 9.68. The zero-order valence-electron chi connectivity index (χ0n) is 16.4. The molecular formula is C23H20N4O3. The van der Waals surface area contributed by atoms with Crippen LogP contribution in [0.5, 0.6) is 11.5 Å². The Labute approximate surface area is 173 Å². The summed E-state index contributed by atoms with van der Waals surface area (Å²) >= 11 is 0. The third kappa shape index (κ3) is 3.53. The molecule has 0 unspecified atom stereocenters. The summed E-state index contributed by atoms with van der Waals surface area (Å²) in [5.41, 5.74) is 5.11. The summed E-state index contributed by atoms with van der Waals surface area (Å²) in [6.07, 6.45) is 3.96. The second-order valence-corrected chi connectivity index (χ2v) is 7.07. The maximum Gasteiger partial charge on any atom is 0.323 e. The fourth-order valence-corrected chi connectivity index (χ4v) is 3.46. The van der Waals surface area contributed by atoms with Crippen molar-refractivity contribution in [3.05, 3.63) is 72.6 Å². The molecule has 2 N–H and O–H groups in total. The largest absolute Gasteiger partial charge is 0.486 e. The Kier molecular flexibility index (Phi) is 4.48. The van der Waals surface area contributed by atoms with E-state index in [-0.39, 0.29) is 6.03 Å². The lowest BCUT2D eigenvalue weighted by atomic mass is 10.1. The van der Waals surface area contributed by atoms with Crippen molar-refractivity contribution in [1.29, 1.82) is 0 Å². The number of pyridine rings is 1. The van der Waals surface area contributed by atoms with E-state index >= 15 is 0 Å². The zero-order valence-corrected chi connectivity index (χ0v) is 16.4. The van der Waals surface area contributed by atoms with Crippen LogP contribution in [0.2, 0.25) is 0 Å². The van der Waals surface area contributed by atoms with Gasteiger partial charge in [0.25, 0.3) is 0 Å². The monoisotopic (exact) mass is 400 g/mol. The lowest BCUT2D eigenvalue weighted by molar-refractivity contribution is 0.171. The minimum Gasteiger partial charge on any atom is -0.486 e. The molecule has 0 atom stereocenters. The lowest BCUT2D eigenvalue weighted by Gasteiger charge is -2.19. The van der Waals surface area contributed by atoms with E-state index in [0.717, 1.165) is 22.5 Å². The average molecular weight is 400 g/mol. The number of fused-ring (bicyclic) bond motifs is 2. The molecule has 2 amide bonds. The van der Waals surface area contributed by atoms with Crippen LogP contribution in [0.25, 0.3) is 16.9 Å². The van der Waals surface area contributed by atoms with Crippen molar-refractivity contribution in [1.82, 2.24) is 9.38 Å². The van der Waals surface area contributed by atoms with Gasteiger partial charge in [-0.3, -0.25) is 0 Å². The number of nitrogens with one attached hydrogen (secondary N) is 2. The summed E-state index contributed by atoms with van der Waals surface area (Å²) in [5.74, 6) is 1.31. The van der Waals surface area contributed by atoms with Gasteiger partial charge >= 0.3 is 6.03 Å². The zero-order chi connectivity index (χ0) is 20.5. The Morgan fingerprint density at radius 3 is 2.60 bits per heavy atom. The number of ether oxygens (including phenoxy) is 2. The Bertz CT molecular complexity index is 1250. The molecule has 150 valence electrons. The molecule has 2 aromatic heterocycles. The topological polar surface area (TPSA) is 76.9 Å². The van der Waals surface area contributed by atoms with Gasteiger partial charge in [0.05, 0.1) is 5.69 Å². The Morgan fingerprint density at radius 2 is 1.77 bits per heavy atom. The summed E-state index contributed by atoms with van der Waals surface area (Å²) in [6.45, 7) is 3.06. The fraction of sp³-hybridized carbons (Fsp3) is 0.130. The summed E-state index contributed by atoms with van der Waals surface area (Å²) in [4.78, 5) is 17.2. The van der Waals surface area contributed by atoms with Gasteiger partial charge in [0.1, 0.15) is 18.9 Å². The highest BCUT2D eigenvalue weighted by atomic mass is 16.6. The minimum atomic E-state index is -0.338. The summed E-state index contributed by atoms with van der Waals surface area (Å²) < 4.78 is 13.1. The molecule has 0 bridgehead atoms. The quantitative estimate of drug-likeness (QED) is 0.521. The van der Waals surface area contributed by atoms with Crippen LogP contribution in [0.3, 0.4) is 0 Å². The van der Waals surface area contributed by atoms with Gasteiger partial charge in [-0.1, -0.05) is 18.2 Å². The molecule has 1 aliphatic heterocycles. The van der Waals surface area contributed by atoms with E-state index in [2.05, 4.69) is 10.6 Å². The normalized spacial score (nSPS) is 12.6. The average Bonchev–Trinajstić information content (AvgIpc) is 3.20. The number of amides is 2. The second-order valence-electron chi connectivity index (χ2n) is 7.07. The van der Waals surface area contributed by atoms with Crippen molar-refractivity contribution in [2.45, 2.75) is 6.92 Å². The molecule has 4 aromatic rings. The molecule has 0 fully saturated rings. The SMILES string of the molecule is Cc1cccn2cc(-c3cccc(NC(=O)Nc4ccc5c(c4)OCCO5)c3)nc12. The van der Waals surface area contributed by atoms with Gasteiger partial charge in [-0.05, 0) is 42.8 Å². The molecule has 7 heteroatoms. The van der Waals surface area contributed by atoms with Crippen molar-refractivity contribution < 1.29 is 14.3 Å². The maximum absolute atomic E-state index is 12.5. The van der Waals surface area contributed by atoms with Crippen LogP contribution in [0.4, 0.5) is 16.2 Å². The van der Waals surface area contributed by atoms with Crippen LogP contribution >= 0.6 is 0 Å². The van der Waals surface area contributed by atoms with E-state index in [0.29, 0.717) is 36.1 Å². The standard InChI is InChI=1S/C23H20N4O3/c1-15-4-3-9-27-14-19(26-22(15)27)16-5-2-6-17(12-16)24-23(28)25-18-7-8-20-21(13-18)30-11-10-29-20/h2-9,12-14H,10-11H2,1H3,(H2,24,25,28). The number of rotatable bonds is 3. The van der Waals surface area contributed by atoms with Gasteiger partial charge in [0.2, 0.25) is 0 Å². The number of hydrogen-bond acceptors (Lipinski definition) is 4. The molecule has 1 aliphatic rings. The van der Waals surface area contributed by atoms with Gasteiger partial charge in [-0.25, -0.2) is 9.78 Å². The smallest absolute Gasteiger partial charge is 0.323 e. The second kappa shape index (κ2) is 7.44. The van der Waals surface area contributed by atoms with E-state index in [1.807, 2.05) is 60.1 Å². The highest BCUT2D eigenvalue weighted by molar-refractivity contribution is 6.00. The van der Waals surface area contributed by atoms with Crippen LogP contribution in [0, 0.1) is 6.92 Å². The third-order valence-corrected chi connectivity index (χ3v) is 4.89. The van der Waals surface area contributed by atoms with Crippen LogP contribution in [-0.2, 0) is 0 Å². The first kappa shape index (κ1) is 18.1. The third-order valence-electron chi connectivity index (χ3n) is 4.89. The van der Waals surface area contributed by atoms with Crippen molar-refractivity contribution in [3.8, 4) is 22.8 Å². The van der Waals surface area contributed by atoms with Crippen LogP contribution in [0.15, 0.2) is 67.0 Å². The number of carbonyl (C=O) groups excluding carboxylic acids is 1. The number of carbonyl (C=O) groups is 1.